The van der Waals surface area contributed by atoms with Gasteiger partial charge in [-0.05, 0) is 49.1 Å². The molecule has 1 N–H and O–H groups in total. The van der Waals surface area contributed by atoms with E-state index in [1.54, 1.807) is 12.1 Å². The molecule has 0 aliphatic rings. The summed E-state index contributed by atoms with van der Waals surface area (Å²) in [6, 6.07) is 11.1. The van der Waals surface area contributed by atoms with Gasteiger partial charge < -0.3 is 9.84 Å². The summed E-state index contributed by atoms with van der Waals surface area (Å²) in [5.41, 5.74) is 1.14. The molecule has 1 heterocycles. The zero-order chi connectivity index (χ0) is 14.5. The van der Waals surface area contributed by atoms with E-state index in [4.69, 9.17) is 4.74 Å². The number of carboxylic acids is 1. The van der Waals surface area contributed by atoms with E-state index >= 15 is 0 Å². The summed E-state index contributed by atoms with van der Waals surface area (Å²) >= 11 is 1.42. The Morgan fingerprint density at radius 2 is 1.95 bits per heavy atom. The molecule has 0 saturated heterocycles. The fraction of sp³-hybridized carbons (Fsp3) is 0.188. The Kier molecular flexibility index (Phi) is 4.58. The van der Waals surface area contributed by atoms with Crippen molar-refractivity contribution in [1.29, 1.82) is 0 Å². The second kappa shape index (κ2) is 6.39. The lowest BCUT2D eigenvalue weighted by molar-refractivity contribution is -0.130. The van der Waals surface area contributed by atoms with Crippen LogP contribution in [0, 0.1) is 0 Å². The molecule has 2 aromatic rings. The summed E-state index contributed by atoms with van der Waals surface area (Å²) in [5.74, 6) is -0.139. The minimum atomic E-state index is -0.921. The van der Waals surface area contributed by atoms with Crippen molar-refractivity contribution in [2.24, 2.45) is 0 Å². The lowest BCUT2D eigenvalue weighted by Gasteiger charge is -2.09. The summed E-state index contributed by atoms with van der Waals surface area (Å²) in [7, 11) is 0. The standard InChI is InChI=1S/C16H16O3S/c1-11(2)19-13-7-5-12(6-8-13)10-14(16(17)18)15-4-3-9-20-15/h3-11H,1-2H3,(H,17,18)/b14-10-. The van der Waals surface area contributed by atoms with E-state index in [0.717, 1.165) is 16.2 Å². The van der Waals surface area contributed by atoms with Gasteiger partial charge in [-0.15, -0.1) is 11.3 Å². The van der Waals surface area contributed by atoms with E-state index in [1.165, 1.54) is 11.3 Å². The third kappa shape index (κ3) is 3.71. The van der Waals surface area contributed by atoms with E-state index in [9.17, 15) is 9.90 Å². The number of thiophene rings is 1. The molecule has 0 fully saturated rings. The third-order valence-electron chi connectivity index (χ3n) is 2.58. The molecule has 2 rings (SSSR count). The van der Waals surface area contributed by atoms with Gasteiger partial charge >= 0.3 is 5.97 Å². The van der Waals surface area contributed by atoms with Crippen molar-refractivity contribution in [3.05, 3.63) is 52.2 Å². The molecule has 0 aliphatic carbocycles. The average Bonchev–Trinajstić information content (AvgIpc) is 2.90. The van der Waals surface area contributed by atoms with Crippen LogP contribution in [-0.2, 0) is 4.79 Å². The SMILES string of the molecule is CC(C)Oc1ccc(/C=C(\C(=O)O)c2cccs2)cc1. The summed E-state index contributed by atoms with van der Waals surface area (Å²) in [6.45, 7) is 3.93. The Labute approximate surface area is 122 Å². The van der Waals surface area contributed by atoms with Crippen molar-refractivity contribution in [1.82, 2.24) is 0 Å². The molecule has 1 aromatic heterocycles. The maximum atomic E-state index is 11.3. The van der Waals surface area contributed by atoms with Gasteiger partial charge in [-0.3, -0.25) is 0 Å². The summed E-state index contributed by atoms with van der Waals surface area (Å²) in [5, 5.41) is 11.2. The van der Waals surface area contributed by atoms with Crippen molar-refractivity contribution >= 4 is 29.0 Å². The van der Waals surface area contributed by atoms with Crippen molar-refractivity contribution in [3.63, 3.8) is 0 Å². The Balaban J connectivity index is 2.26. The van der Waals surface area contributed by atoms with Gasteiger partial charge in [0, 0.05) is 4.88 Å². The normalized spacial score (nSPS) is 11.7. The fourth-order valence-corrected chi connectivity index (χ4v) is 2.49. The third-order valence-corrected chi connectivity index (χ3v) is 3.48. The molecule has 104 valence electrons. The summed E-state index contributed by atoms with van der Waals surface area (Å²) in [4.78, 5) is 12.1. The fourth-order valence-electron chi connectivity index (χ4n) is 1.75. The quantitative estimate of drug-likeness (QED) is 0.840. The number of hydrogen-bond acceptors (Lipinski definition) is 3. The number of benzene rings is 1. The molecule has 1 aromatic carbocycles. The Bertz CT molecular complexity index is 595. The Hall–Kier alpha value is -2.07. The van der Waals surface area contributed by atoms with Gasteiger partial charge in [0.2, 0.25) is 0 Å². The average molecular weight is 288 g/mol. The molecule has 0 saturated carbocycles. The van der Waals surface area contributed by atoms with E-state index in [0.29, 0.717) is 5.57 Å². The van der Waals surface area contributed by atoms with E-state index in [1.807, 2.05) is 49.6 Å². The summed E-state index contributed by atoms with van der Waals surface area (Å²) < 4.78 is 5.56. The first-order valence-electron chi connectivity index (χ1n) is 6.32. The molecule has 0 amide bonds. The minimum absolute atomic E-state index is 0.122. The van der Waals surface area contributed by atoms with Gasteiger partial charge in [0.05, 0.1) is 11.7 Å². The molecule has 0 aliphatic heterocycles. The smallest absolute Gasteiger partial charge is 0.337 e. The molecule has 0 bridgehead atoms. The van der Waals surface area contributed by atoms with Crippen LogP contribution in [0.3, 0.4) is 0 Å². The van der Waals surface area contributed by atoms with Crippen molar-refractivity contribution in [2.45, 2.75) is 20.0 Å². The van der Waals surface area contributed by atoms with Gasteiger partial charge in [-0.1, -0.05) is 18.2 Å². The highest BCUT2D eigenvalue weighted by molar-refractivity contribution is 7.11. The Morgan fingerprint density at radius 3 is 2.45 bits per heavy atom. The highest BCUT2D eigenvalue weighted by Crippen LogP contribution is 2.24. The molecule has 0 radical (unpaired) electrons. The van der Waals surface area contributed by atoms with Crippen LogP contribution in [0.2, 0.25) is 0 Å². The number of ether oxygens (including phenoxy) is 1. The van der Waals surface area contributed by atoms with Crippen LogP contribution in [0.4, 0.5) is 0 Å². The zero-order valence-electron chi connectivity index (χ0n) is 11.4. The highest BCUT2D eigenvalue weighted by Gasteiger charge is 2.11. The molecule has 0 spiro atoms. The first-order valence-corrected chi connectivity index (χ1v) is 7.20. The van der Waals surface area contributed by atoms with Crippen LogP contribution >= 0.6 is 11.3 Å². The predicted octanol–water partition coefficient (Wildman–Crippen LogP) is 4.16. The number of carbonyl (C=O) groups is 1. The zero-order valence-corrected chi connectivity index (χ0v) is 12.2. The van der Waals surface area contributed by atoms with Crippen LogP contribution in [0.15, 0.2) is 41.8 Å². The molecule has 20 heavy (non-hydrogen) atoms. The molecule has 0 unspecified atom stereocenters. The topological polar surface area (TPSA) is 46.5 Å². The van der Waals surface area contributed by atoms with Crippen LogP contribution in [0.1, 0.15) is 24.3 Å². The predicted molar refractivity (Wildman–Crippen MR) is 82.0 cm³/mol. The first kappa shape index (κ1) is 14.3. The highest BCUT2D eigenvalue weighted by atomic mass is 32.1. The van der Waals surface area contributed by atoms with Crippen LogP contribution < -0.4 is 4.74 Å². The van der Waals surface area contributed by atoms with Crippen LogP contribution in [0.25, 0.3) is 11.6 Å². The van der Waals surface area contributed by atoms with Crippen LogP contribution in [0.5, 0.6) is 5.75 Å². The van der Waals surface area contributed by atoms with Gasteiger partial charge in [0.1, 0.15) is 5.75 Å². The lowest BCUT2D eigenvalue weighted by Crippen LogP contribution is -2.05. The molecular weight excluding hydrogens is 272 g/mol. The lowest BCUT2D eigenvalue weighted by atomic mass is 10.1. The first-order chi connectivity index (χ1) is 9.56. The minimum Gasteiger partial charge on any atom is -0.491 e. The second-order valence-corrected chi connectivity index (χ2v) is 5.52. The van der Waals surface area contributed by atoms with E-state index in [-0.39, 0.29) is 6.10 Å². The number of aliphatic carboxylic acids is 1. The second-order valence-electron chi connectivity index (χ2n) is 4.58. The van der Waals surface area contributed by atoms with E-state index in [2.05, 4.69) is 0 Å². The van der Waals surface area contributed by atoms with Gasteiger partial charge in [-0.2, -0.15) is 0 Å². The van der Waals surface area contributed by atoms with E-state index < -0.39 is 5.97 Å². The maximum Gasteiger partial charge on any atom is 0.337 e. The summed E-state index contributed by atoms with van der Waals surface area (Å²) in [6.07, 6.45) is 1.80. The van der Waals surface area contributed by atoms with Crippen molar-refractivity contribution in [3.8, 4) is 5.75 Å². The van der Waals surface area contributed by atoms with Crippen LogP contribution in [-0.4, -0.2) is 17.2 Å². The largest absolute Gasteiger partial charge is 0.491 e. The monoisotopic (exact) mass is 288 g/mol. The molecular formula is C16H16O3S. The van der Waals surface area contributed by atoms with Crippen molar-refractivity contribution in [2.75, 3.05) is 0 Å². The van der Waals surface area contributed by atoms with Gasteiger partial charge in [-0.25, -0.2) is 4.79 Å². The number of rotatable bonds is 5. The van der Waals surface area contributed by atoms with Gasteiger partial charge in [0.15, 0.2) is 0 Å². The molecule has 4 heteroatoms. The van der Waals surface area contributed by atoms with Crippen molar-refractivity contribution < 1.29 is 14.6 Å². The van der Waals surface area contributed by atoms with Gasteiger partial charge in [0.25, 0.3) is 0 Å². The molecule has 0 atom stereocenters. The number of hydrogen-bond donors (Lipinski definition) is 1. The Morgan fingerprint density at radius 1 is 1.25 bits per heavy atom. The maximum absolute atomic E-state index is 11.3. The molecule has 3 nitrogen and oxygen atoms in total. The number of carboxylic acid groups (broad SMARTS) is 1.